The molecule has 2 aromatic heterocycles. The molecule has 2 rings (SSSR count). The number of amides is 1. The van der Waals surface area contributed by atoms with E-state index in [2.05, 4.69) is 55.2 Å². The Kier molecular flexibility index (Phi) is 8.79. The van der Waals surface area contributed by atoms with E-state index >= 15 is 0 Å². The molecule has 154 valence electrons. The average Bonchev–Trinajstić information content (AvgIpc) is 3.15. The summed E-state index contributed by atoms with van der Waals surface area (Å²) in [5.74, 6) is 2.43. The fourth-order valence-corrected chi connectivity index (χ4v) is 3.34. The highest BCUT2D eigenvalue weighted by molar-refractivity contribution is 7.98. The summed E-state index contributed by atoms with van der Waals surface area (Å²) in [5.41, 5.74) is 1.03. The van der Waals surface area contributed by atoms with Gasteiger partial charge in [0.15, 0.2) is 10.9 Å². The summed E-state index contributed by atoms with van der Waals surface area (Å²) in [6.45, 7) is 6.69. The molecule has 0 saturated carbocycles. The Labute approximate surface area is 171 Å². The molecule has 0 aromatic carbocycles. The van der Waals surface area contributed by atoms with Crippen LogP contribution < -0.4 is 15.1 Å². The van der Waals surface area contributed by atoms with Crippen LogP contribution in [0.3, 0.4) is 0 Å². The maximum atomic E-state index is 12.1. The molecule has 0 aliphatic rings. The molecule has 8 heteroatoms. The number of thioether (sulfide) groups is 1. The second kappa shape index (κ2) is 11.1. The average molecular weight is 407 g/mol. The SMILES string of the molecule is CCCN(C)c1cc(CC)nc(SCc2ccc(C(=O)NCC[NH+](C)C)o2)n1. The van der Waals surface area contributed by atoms with Crippen molar-refractivity contribution in [2.75, 3.05) is 45.7 Å². The standard InChI is InChI=1S/C20H31N5O2S/c1-6-11-25(5)18-13-15(7-2)22-20(23-18)28-14-16-8-9-17(27-16)19(26)21-10-12-24(3)4/h8-9,13H,6-7,10-12,14H2,1-5H3,(H,21,26)/p+1. The molecule has 2 heterocycles. The molecule has 2 N–H and O–H groups in total. The van der Waals surface area contributed by atoms with Gasteiger partial charge >= 0.3 is 0 Å². The molecule has 0 aliphatic heterocycles. The van der Waals surface area contributed by atoms with Crippen LogP contribution >= 0.6 is 11.8 Å². The molecule has 0 spiro atoms. The zero-order valence-electron chi connectivity index (χ0n) is 17.5. The predicted molar refractivity (Wildman–Crippen MR) is 113 cm³/mol. The lowest BCUT2D eigenvalue weighted by atomic mass is 10.3. The van der Waals surface area contributed by atoms with E-state index in [1.165, 1.54) is 16.7 Å². The normalized spacial score (nSPS) is 11.1. The van der Waals surface area contributed by atoms with E-state index < -0.39 is 0 Å². The first kappa shape index (κ1) is 22.2. The summed E-state index contributed by atoms with van der Waals surface area (Å²) < 4.78 is 5.69. The van der Waals surface area contributed by atoms with E-state index in [9.17, 15) is 4.79 Å². The number of hydrogen-bond acceptors (Lipinski definition) is 6. The highest BCUT2D eigenvalue weighted by Gasteiger charge is 2.13. The molecule has 0 bridgehead atoms. The minimum atomic E-state index is -0.176. The van der Waals surface area contributed by atoms with Gasteiger partial charge in [0.1, 0.15) is 11.6 Å². The van der Waals surface area contributed by atoms with Crippen molar-refractivity contribution in [1.82, 2.24) is 15.3 Å². The Morgan fingerprint density at radius 1 is 1.29 bits per heavy atom. The first-order chi connectivity index (χ1) is 13.4. The van der Waals surface area contributed by atoms with Gasteiger partial charge < -0.3 is 19.5 Å². The number of furan rings is 1. The van der Waals surface area contributed by atoms with Crippen molar-refractivity contribution >= 4 is 23.5 Å². The molecule has 2 aromatic rings. The second-order valence-electron chi connectivity index (χ2n) is 7.04. The lowest BCUT2D eigenvalue weighted by molar-refractivity contribution is -0.856. The number of rotatable bonds is 11. The van der Waals surface area contributed by atoms with Crippen LogP contribution in [0, 0.1) is 0 Å². The maximum absolute atomic E-state index is 12.1. The zero-order valence-corrected chi connectivity index (χ0v) is 18.4. The number of nitrogens with one attached hydrogen (secondary N) is 2. The van der Waals surface area contributed by atoms with E-state index in [0.29, 0.717) is 18.1 Å². The van der Waals surface area contributed by atoms with Crippen molar-refractivity contribution in [2.24, 2.45) is 0 Å². The van der Waals surface area contributed by atoms with Gasteiger partial charge in [-0.15, -0.1) is 0 Å². The number of anilines is 1. The van der Waals surface area contributed by atoms with Crippen molar-refractivity contribution in [3.63, 3.8) is 0 Å². The van der Waals surface area contributed by atoms with Gasteiger partial charge in [-0.25, -0.2) is 9.97 Å². The molecular weight excluding hydrogens is 374 g/mol. The summed E-state index contributed by atoms with van der Waals surface area (Å²) in [7, 11) is 6.15. The fourth-order valence-electron chi connectivity index (χ4n) is 2.58. The number of carbonyl (C=O) groups is 1. The van der Waals surface area contributed by atoms with Crippen molar-refractivity contribution in [3.05, 3.63) is 35.4 Å². The Bertz CT molecular complexity index is 763. The highest BCUT2D eigenvalue weighted by Crippen LogP contribution is 2.24. The van der Waals surface area contributed by atoms with Crippen LogP contribution in [0.1, 0.15) is 42.3 Å². The van der Waals surface area contributed by atoms with Crippen LogP contribution in [0.15, 0.2) is 27.8 Å². The quantitative estimate of drug-likeness (QED) is 0.437. The Hall–Kier alpha value is -2.06. The number of nitrogens with zero attached hydrogens (tertiary/aromatic N) is 3. The molecule has 0 unspecified atom stereocenters. The highest BCUT2D eigenvalue weighted by atomic mass is 32.2. The monoisotopic (exact) mass is 406 g/mol. The van der Waals surface area contributed by atoms with Crippen LogP contribution in [0.2, 0.25) is 0 Å². The molecule has 7 nitrogen and oxygen atoms in total. The van der Waals surface area contributed by atoms with E-state index in [0.717, 1.165) is 48.4 Å². The van der Waals surface area contributed by atoms with Gasteiger partial charge in [-0.1, -0.05) is 25.6 Å². The van der Waals surface area contributed by atoms with Gasteiger partial charge in [-0.05, 0) is 25.0 Å². The first-order valence-corrected chi connectivity index (χ1v) is 10.8. The van der Waals surface area contributed by atoms with Crippen molar-refractivity contribution in [1.29, 1.82) is 0 Å². The lowest BCUT2D eigenvalue weighted by Crippen LogP contribution is -3.06. The van der Waals surface area contributed by atoms with Crippen LogP contribution in [0.5, 0.6) is 0 Å². The van der Waals surface area contributed by atoms with Crippen molar-refractivity contribution in [2.45, 2.75) is 37.6 Å². The number of hydrogen-bond donors (Lipinski definition) is 2. The van der Waals surface area contributed by atoms with Gasteiger partial charge in [0.25, 0.3) is 5.91 Å². The van der Waals surface area contributed by atoms with Gasteiger partial charge in [0, 0.05) is 25.4 Å². The van der Waals surface area contributed by atoms with E-state index in [-0.39, 0.29) is 5.91 Å². The molecule has 28 heavy (non-hydrogen) atoms. The number of quaternary nitrogens is 1. The minimum absolute atomic E-state index is 0.176. The van der Waals surface area contributed by atoms with Crippen LogP contribution in [-0.4, -0.2) is 56.7 Å². The Morgan fingerprint density at radius 2 is 2.07 bits per heavy atom. The summed E-state index contributed by atoms with van der Waals surface area (Å²) >= 11 is 1.52. The van der Waals surface area contributed by atoms with Gasteiger partial charge in [0.05, 0.1) is 32.9 Å². The van der Waals surface area contributed by atoms with Crippen molar-refractivity contribution < 1.29 is 14.1 Å². The fraction of sp³-hybridized carbons (Fsp3) is 0.550. The predicted octanol–water partition coefficient (Wildman–Crippen LogP) is 1.64. The van der Waals surface area contributed by atoms with Gasteiger partial charge in [-0.2, -0.15) is 0 Å². The third-order valence-electron chi connectivity index (χ3n) is 4.20. The molecule has 0 radical (unpaired) electrons. The third-order valence-corrected chi connectivity index (χ3v) is 5.07. The smallest absolute Gasteiger partial charge is 0.287 e. The van der Waals surface area contributed by atoms with Crippen molar-refractivity contribution in [3.8, 4) is 0 Å². The number of likely N-dealkylation sites (N-methyl/N-ethyl adjacent to an activating group) is 1. The number of carbonyl (C=O) groups excluding carboxylic acids is 1. The maximum Gasteiger partial charge on any atom is 0.287 e. The molecule has 0 atom stereocenters. The molecule has 0 fully saturated rings. The summed E-state index contributed by atoms with van der Waals surface area (Å²) in [6, 6.07) is 5.61. The topological polar surface area (TPSA) is 75.7 Å². The molecule has 1 amide bonds. The van der Waals surface area contributed by atoms with Crippen LogP contribution in [0.25, 0.3) is 0 Å². The lowest BCUT2D eigenvalue weighted by Gasteiger charge is -2.18. The minimum Gasteiger partial charge on any atom is -0.455 e. The first-order valence-electron chi connectivity index (χ1n) is 9.80. The number of aromatic nitrogens is 2. The summed E-state index contributed by atoms with van der Waals surface area (Å²) in [5, 5.41) is 3.60. The summed E-state index contributed by atoms with van der Waals surface area (Å²) in [4.78, 5) is 24.8. The Balaban J connectivity index is 1.97. The Morgan fingerprint density at radius 3 is 2.75 bits per heavy atom. The number of aryl methyl sites for hydroxylation is 1. The second-order valence-corrected chi connectivity index (χ2v) is 7.99. The van der Waals surface area contributed by atoms with Crippen LogP contribution in [-0.2, 0) is 12.2 Å². The molecule has 0 aliphatic carbocycles. The van der Waals surface area contributed by atoms with E-state index in [1.807, 2.05) is 12.1 Å². The van der Waals surface area contributed by atoms with Gasteiger partial charge in [-0.3, -0.25) is 4.79 Å². The third kappa shape index (κ3) is 6.83. The molecular formula is C20H32N5O2S+. The van der Waals surface area contributed by atoms with Crippen LogP contribution in [0.4, 0.5) is 5.82 Å². The zero-order chi connectivity index (χ0) is 20.5. The van der Waals surface area contributed by atoms with E-state index in [4.69, 9.17) is 4.42 Å². The van der Waals surface area contributed by atoms with E-state index in [1.54, 1.807) is 6.07 Å². The molecule has 0 saturated heterocycles. The largest absolute Gasteiger partial charge is 0.455 e. The summed E-state index contributed by atoms with van der Waals surface area (Å²) in [6.07, 6.45) is 1.93. The van der Waals surface area contributed by atoms with Gasteiger partial charge in [0.2, 0.25) is 0 Å².